The van der Waals surface area contributed by atoms with Gasteiger partial charge in [-0.05, 0) is 25.1 Å². The zero-order valence-corrected chi connectivity index (χ0v) is 15.7. The number of ether oxygens (including phenoxy) is 1. The number of rotatable bonds is 8. The van der Waals surface area contributed by atoms with E-state index in [0.29, 0.717) is 24.6 Å². The number of hydrogen-bond acceptors (Lipinski definition) is 4. The first-order chi connectivity index (χ1) is 13.0. The molecule has 0 amide bonds. The molecule has 1 aromatic carbocycles. The molecule has 8 heteroatoms. The van der Waals surface area contributed by atoms with Crippen molar-refractivity contribution in [2.24, 2.45) is 4.99 Å². The summed E-state index contributed by atoms with van der Waals surface area (Å²) in [4.78, 5) is 10.9. The van der Waals surface area contributed by atoms with Crippen molar-refractivity contribution >= 4 is 11.8 Å². The molecule has 0 saturated carbocycles. The summed E-state index contributed by atoms with van der Waals surface area (Å²) in [6.07, 6.45) is 0. The average Bonchev–Trinajstić information content (AvgIpc) is 2.65. The summed E-state index contributed by atoms with van der Waals surface area (Å²) in [7, 11) is 3.87. The van der Waals surface area contributed by atoms with Crippen LogP contribution < -0.4 is 20.3 Å². The second-order valence-electron chi connectivity index (χ2n) is 5.92. The molecule has 0 spiro atoms. The monoisotopic (exact) mass is 377 g/mol. The van der Waals surface area contributed by atoms with Gasteiger partial charge in [0.05, 0.1) is 18.8 Å². The maximum absolute atomic E-state index is 12.5. The maximum atomic E-state index is 12.5. The summed E-state index contributed by atoms with van der Waals surface area (Å²) in [5.41, 5.74) is 1.45. The van der Waals surface area contributed by atoms with E-state index in [-0.39, 0.29) is 12.3 Å². The van der Waals surface area contributed by atoms with Gasteiger partial charge in [-0.25, -0.2) is 9.98 Å². The van der Waals surface area contributed by atoms with Crippen LogP contribution >= 0.6 is 0 Å². The number of halogens is 2. The average molecular weight is 377 g/mol. The second-order valence-corrected chi connectivity index (χ2v) is 5.92. The number of nitrogens with one attached hydrogen (secondary N) is 2. The van der Waals surface area contributed by atoms with Gasteiger partial charge < -0.3 is 20.3 Å². The molecule has 0 atom stereocenters. The minimum absolute atomic E-state index is 0.132. The molecule has 146 valence electrons. The van der Waals surface area contributed by atoms with Crippen LogP contribution in [0.15, 0.2) is 47.5 Å². The van der Waals surface area contributed by atoms with Crippen molar-refractivity contribution in [3.8, 4) is 5.75 Å². The lowest BCUT2D eigenvalue weighted by Gasteiger charge is -2.14. The number of guanidine groups is 1. The first-order valence-electron chi connectivity index (χ1n) is 8.67. The summed E-state index contributed by atoms with van der Waals surface area (Å²) >= 11 is 0. The number of aliphatic imine (C=N–C) groups is 1. The van der Waals surface area contributed by atoms with Crippen LogP contribution in [0, 0.1) is 0 Å². The maximum Gasteiger partial charge on any atom is 0.387 e. The van der Waals surface area contributed by atoms with E-state index in [1.165, 1.54) is 6.07 Å². The number of alkyl halides is 2. The Bertz CT molecular complexity index is 752. The highest BCUT2D eigenvalue weighted by atomic mass is 19.3. The molecule has 2 N–H and O–H groups in total. The van der Waals surface area contributed by atoms with Crippen LogP contribution in [0.1, 0.15) is 18.2 Å². The van der Waals surface area contributed by atoms with Gasteiger partial charge >= 0.3 is 6.61 Å². The second kappa shape index (κ2) is 10.3. The summed E-state index contributed by atoms with van der Waals surface area (Å²) in [6, 6.07) is 12.4. The molecule has 6 nitrogen and oxygen atoms in total. The number of benzene rings is 1. The third-order valence-corrected chi connectivity index (χ3v) is 3.63. The number of para-hydroxylation sites is 1. The number of nitrogens with zero attached hydrogens (tertiary/aromatic N) is 3. The van der Waals surface area contributed by atoms with E-state index in [2.05, 4.69) is 25.3 Å². The van der Waals surface area contributed by atoms with Gasteiger partial charge in [0.1, 0.15) is 11.6 Å². The van der Waals surface area contributed by atoms with Gasteiger partial charge in [0.15, 0.2) is 5.96 Å². The van der Waals surface area contributed by atoms with Gasteiger partial charge in [0, 0.05) is 26.2 Å². The predicted molar refractivity (Wildman–Crippen MR) is 103 cm³/mol. The molecule has 0 aliphatic heterocycles. The highest BCUT2D eigenvalue weighted by molar-refractivity contribution is 5.79. The van der Waals surface area contributed by atoms with Crippen molar-refractivity contribution in [2.45, 2.75) is 26.6 Å². The van der Waals surface area contributed by atoms with Gasteiger partial charge in [0.2, 0.25) is 0 Å². The smallest absolute Gasteiger partial charge is 0.387 e. The number of anilines is 1. The molecule has 0 unspecified atom stereocenters. The van der Waals surface area contributed by atoms with Gasteiger partial charge in [-0.3, -0.25) is 0 Å². The first-order valence-corrected chi connectivity index (χ1v) is 8.67. The van der Waals surface area contributed by atoms with Crippen LogP contribution in [0.5, 0.6) is 5.75 Å². The zero-order chi connectivity index (χ0) is 19.6. The van der Waals surface area contributed by atoms with Crippen molar-refractivity contribution in [1.82, 2.24) is 15.6 Å². The molecule has 0 bridgehead atoms. The van der Waals surface area contributed by atoms with Gasteiger partial charge in [-0.2, -0.15) is 8.78 Å². The molecule has 0 aliphatic rings. The summed E-state index contributed by atoms with van der Waals surface area (Å²) < 4.78 is 29.6. The molecule has 0 aliphatic carbocycles. The van der Waals surface area contributed by atoms with Crippen LogP contribution in [-0.4, -0.2) is 38.2 Å². The highest BCUT2D eigenvalue weighted by Crippen LogP contribution is 2.20. The number of hydrogen-bond donors (Lipinski definition) is 2. The minimum Gasteiger partial charge on any atom is -0.434 e. The Morgan fingerprint density at radius 3 is 2.63 bits per heavy atom. The van der Waals surface area contributed by atoms with Crippen molar-refractivity contribution in [2.75, 3.05) is 25.5 Å². The molecule has 2 rings (SSSR count). The number of aromatic nitrogens is 1. The first kappa shape index (κ1) is 20.4. The molecular formula is C19H25F2N5O. The molecule has 1 aromatic heterocycles. The summed E-state index contributed by atoms with van der Waals surface area (Å²) in [6.45, 7) is 0.463. The standard InChI is InChI=1S/C19H25F2N5O/c1-4-22-19(24-13-15-9-7-11-17(25-15)26(2)3)23-12-14-8-5-6-10-16(14)27-18(20)21/h5-11,18H,4,12-13H2,1-3H3,(H2,22,23,24). The van der Waals surface area contributed by atoms with Crippen LogP contribution in [-0.2, 0) is 13.1 Å². The Labute approximate surface area is 158 Å². The third kappa shape index (κ3) is 6.73. The van der Waals surface area contributed by atoms with Crippen LogP contribution in [0.25, 0.3) is 0 Å². The van der Waals surface area contributed by atoms with Gasteiger partial charge in [-0.1, -0.05) is 24.3 Å². The van der Waals surface area contributed by atoms with E-state index in [1.54, 1.807) is 18.2 Å². The topological polar surface area (TPSA) is 61.8 Å². The Balaban J connectivity index is 2.05. The van der Waals surface area contributed by atoms with Crippen molar-refractivity contribution < 1.29 is 13.5 Å². The van der Waals surface area contributed by atoms with E-state index < -0.39 is 6.61 Å². The summed E-state index contributed by atoms with van der Waals surface area (Å²) in [5.74, 6) is 1.57. The minimum atomic E-state index is -2.86. The number of pyridine rings is 1. The van der Waals surface area contributed by atoms with Crippen molar-refractivity contribution in [1.29, 1.82) is 0 Å². The fourth-order valence-corrected chi connectivity index (χ4v) is 2.34. The normalized spacial score (nSPS) is 11.4. The molecule has 27 heavy (non-hydrogen) atoms. The predicted octanol–water partition coefficient (Wildman–Crippen LogP) is 3.00. The molecular weight excluding hydrogens is 352 g/mol. The molecule has 0 radical (unpaired) electrons. The molecule has 2 aromatic rings. The molecule has 1 heterocycles. The van der Waals surface area contributed by atoms with E-state index >= 15 is 0 Å². The Morgan fingerprint density at radius 1 is 1.15 bits per heavy atom. The van der Waals surface area contributed by atoms with Gasteiger partial charge in [0.25, 0.3) is 0 Å². The van der Waals surface area contributed by atoms with Crippen LogP contribution in [0.4, 0.5) is 14.6 Å². The van der Waals surface area contributed by atoms with E-state index in [4.69, 9.17) is 0 Å². The van der Waals surface area contributed by atoms with Crippen molar-refractivity contribution in [3.63, 3.8) is 0 Å². The van der Waals surface area contributed by atoms with E-state index in [1.807, 2.05) is 44.1 Å². The Morgan fingerprint density at radius 2 is 1.93 bits per heavy atom. The largest absolute Gasteiger partial charge is 0.434 e. The molecule has 0 saturated heterocycles. The van der Waals surface area contributed by atoms with E-state index in [9.17, 15) is 8.78 Å². The highest BCUT2D eigenvalue weighted by Gasteiger charge is 2.09. The third-order valence-electron chi connectivity index (χ3n) is 3.63. The van der Waals surface area contributed by atoms with E-state index in [0.717, 1.165) is 11.5 Å². The van der Waals surface area contributed by atoms with Crippen molar-refractivity contribution in [3.05, 3.63) is 53.7 Å². The Hall–Kier alpha value is -2.90. The SMILES string of the molecule is CCNC(=NCc1ccccc1OC(F)F)NCc1cccc(N(C)C)n1. The Kier molecular flexibility index (Phi) is 7.79. The van der Waals surface area contributed by atoms with Crippen LogP contribution in [0.2, 0.25) is 0 Å². The lowest BCUT2D eigenvalue weighted by Crippen LogP contribution is -2.37. The fraction of sp³-hybridized carbons (Fsp3) is 0.368. The lowest BCUT2D eigenvalue weighted by molar-refractivity contribution is -0.0504. The lowest BCUT2D eigenvalue weighted by atomic mass is 10.2. The van der Waals surface area contributed by atoms with Crippen LogP contribution in [0.3, 0.4) is 0 Å². The molecule has 0 fully saturated rings. The quantitative estimate of drug-likeness (QED) is 0.547. The fourth-order valence-electron chi connectivity index (χ4n) is 2.34. The zero-order valence-electron chi connectivity index (χ0n) is 15.7. The van der Waals surface area contributed by atoms with Gasteiger partial charge in [-0.15, -0.1) is 0 Å². The summed E-state index contributed by atoms with van der Waals surface area (Å²) in [5, 5.41) is 6.33.